The molecule has 2 N–H and O–H groups in total. The van der Waals surface area contributed by atoms with Gasteiger partial charge in [-0.3, -0.25) is 0 Å². The fourth-order valence-electron chi connectivity index (χ4n) is 1.47. The maximum Gasteiger partial charge on any atom is 0.166 e. The highest BCUT2D eigenvalue weighted by Crippen LogP contribution is 2.23. The molecule has 4 heteroatoms. The number of hydrogen-bond acceptors (Lipinski definition) is 2. The molecule has 0 aromatic rings. The molecule has 13 heavy (non-hydrogen) atoms. The Kier molecular flexibility index (Phi) is 3.93. The largest absolute Gasteiger partial charge is 0.373 e. The van der Waals surface area contributed by atoms with Crippen molar-refractivity contribution < 1.29 is 4.74 Å². The van der Waals surface area contributed by atoms with Crippen molar-refractivity contribution in [3.8, 4) is 0 Å². The molecule has 1 aliphatic heterocycles. The second-order valence-electron chi connectivity index (χ2n) is 3.61. The van der Waals surface area contributed by atoms with Crippen molar-refractivity contribution >= 4 is 17.3 Å². The SMILES string of the molecule is CCNC(=S)NCC1(C)CCCO1. The van der Waals surface area contributed by atoms with Gasteiger partial charge in [-0.05, 0) is 38.9 Å². The van der Waals surface area contributed by atoms with E-state index in [1.807, 2.05) is 6.92 Å². The van der Waals surface area contributed by atoms with Crippen molar-refractivity contribution in [3.63, 3.8) is 0 Å². The van der Waals surface area contributed by atoms with Gasteiger partial charge in [0.2, 0.25) is 0 Å². The van der Waals surface area contributed by atoms with Crippen LogP contribution in [0.2, 0.25) is 0 Å². The molecule has 1 aliphatic rings. The van der Waals surface area contributed by atoms with Crippen LogP contribution in [0.25, 0.3) is 0 Å². The Morgan fingerprint density at radius 1 is 1.54 bits per heavy atom. The van der Waals surface area contributed by atoms with Gasteiger partial charge in [0, 0.05) is 19.7 Å². The van der Waals surface area contributed by atoms with Crippen LogP contribution in [-0.4, -0.2) is 30.4 Å². The van der Waals surface area contributed by atoms with E-state index >= 15 is 0 Å². The topological polar surface area (TPSA) is 33.3 Å². The molecule has 0 bridgehead atoms. The Bertz CT molecular complexity index is 178. The molecule has 1 rings (SSSR count). The first-order valence-corrected chi connectivity index (χ1v) is 5.23. The van der Waals surface area contributed by atoms with Crippen molar-refractivity contribution in [1.29, 1.82) is 0 Å². The lowest BCUT2D eigenvalue weighted by atomic mass is 10.0. The summed E-state index contributed by atoms with van der Waals surface area (Å²) in [6.45, 7) is 6.71. The molecule has 0 amide bonds. The van der Waals surface area contributed by atoms with Crippen LogP contribution in [0.3, 0.4) is 0 Å². The van der Waals surface area contributed by atoms with Crippen LogP contribution >= 0.6 is 12.2 Å². The molecule has 0 spiro atoms. The first kappa shape index (κ1) is 10.7. The zero-order valence-corrected chi connectivity index (χ0v) is 9.17. The van der Waals surface area contributed by atoms with E-state index in [1.165, 1.54) is 0 Å². The number of ether oxygens (including phenoxy) is 1. The van der Waals surface area contributed by atoms with Crippen molar-refractivity contribution in [2.75, 3.05) is 19.7 Å². The standard InChI is InChI=1S/C9H18N2OS/c1-3-10-8(13)11-7-9(2)5-4-6-12-9/h3-7H2,1-2H3,(H2,10,11,13). The molecule has 1 atom stereocenters. The molecular weight excluding hydrogens is 184 g/mol. The fourth-order valence-corrected chi connectivity index (χ4v) is 1.68. The van der Waals surface area contributed by atoms with E-state index in [2.05, 4.69) is 17.6 Å². The van der Waals surface area contributed by atoms with Gasteiger partial charge in [0.15, 0.2) is 5.11 Å². The van der Waals surface area contributed by atoms with Crippen molar-refractivity contribution in [3.05, 3.63) is 0 Å². The van der Waals surface area contributed by atoms with Gasteiger partial charge in [-0.1, -0.05) is 0 Å². The van der Waals surface area contributed by atoms with Gasteiger partial charge in [0.25, 0.3) is 0 Å². The third kappa shape index (κ3) is 3.48. The minimum atomic E-state index is -0.0144. The van der Waals surface area contributed by atoms with E-state index in [0.717, 1.165) is 37.7 Å². The monoisotopic (exact) mass is 202 g/mol. The molecule has 0 saturated carbocycles. The molecule has 0 radical (unpaired) electrons. The van der Waals surface area contributed by atoms with Gasteiger partial charge in [-0.25, -0.2) is 0 Å². The van der Waals surface area contributed by atoms with Crippen molar-refractivity contribution in [2.24, 2.45) is 0 Å². The van der Waals surface area contributed by atoms with Crippen molar-refractivity contribution in [2.45, 2.75) is 32.3 Å². The van der Waals surface area contributed by atoms with Gasteiger partial charge in [0.05, 0.1) is 5.60 Å². The van der Waals surface area contributed by atoms with E-state index < -0.39 is 0 Å². The highest BCUT2D eigenvalue weighted by atomic mass is 32.1. The predicted molar refractivity (Wildman–Crippen MR) is 57.9 cm³/mol. The normalized spacial score (nSPS) is 27.2. The molecule has 3 nitrogen and oxygen atoms in total. The van der Waals surface area contributed by atoms with Crippen LogP contribution in [0.1, 0.15) is 26.7 Å². The molecule has 0 aromatic carbocycles. The first-order chi connectivity index (χ1) is 6.16. The lowest BCUT2D eigenvalue weighted by Gasteiger charge is -2.24. The lowest BCUT2D eigenvalue weighted by Crippen LogP contribution is -2.44. The first-order valence-electron chi connectivity index (χ1n) is 4.82. The second kappa shape index (κ2) is 4.77. The Hall–Kier alpha value is -0.350. The Balaban J connectivity index is 2.21. The quantitative estimate of drug-likeness (QED) is 0.670. The summed E-state index contributed by atoms with van der Waals surface area (Å²) in [5.41, 5.74) is -0.0144. The molecule has 1 unspecified atom stereocenters. The van der Waals surface area contributed by atoms with Crippen LogP contribution in [0.4, 0.5) is 0 Å². The summed E-state index contributed by atoms with van der Waals surface area (Å²) < 4.78 is 5.62. The van der Waals surface area contributed by atoms with Crippen LogP contribution < -0.4 is 10.6 Å². The van der Waals surface area contributed by atoms with Crippen molar-refractivity contribution in [1.82, 2.24) is 10.6 Å². The summed E-state index contributed by atoms with van der Waals surface area (Å²) in [5, 5.41) is 6.93. The minimum Gasteiger partial charge on any atom is -0.373 e. The number of nitrogens with one attached hydrogen (secondary N) is 2. The van der Waals surface area contributed by atoms with E-state index in [-0.39, 0.29) is 5.60 Å². The summed E-state index contributed by atoms with van der Waals surface area (Å²) in [7, 11) is 0. The average molecular weight is 202 g/mol. The van der Waals surface area contributed by atoms with E-state index in [1.54, 1.807) is 0 Å². The van der Waals surface area contributed by atoms with E-state index in [9.17, 15) is 0 Å². The molecule has 0 aromatic heterocycles. The molecule has 1 fully saturated rings. The Morgan fingerprint density at radius 2 is 2.31 bits per heavy atom. The Labute approximate surface area is 85.2 Å². The maximum absolute atomic E-state index is 5.62. The van der Waals surface area contributed by atoms with Crippen LogP contribution in [0.5, 0.6) is 0 Å². The van der Waals surface area contributed by atoms with Crippen LogP contribution in [0.15, 0.2) is 0 Å². The minimum absolute atomic E-state index is 0.0144. The number of thiocarbonyl (C=S) groups is 1. The van der Waals surface area contributed by atoms with Gasteiger partial charge in [0.1, 0.15) is 0 Å². The van der Waals surface area contributed by atoms with Crippen LogP contribution in [0, 0.1) is 0 Å². The molecular formula is C9H18N2OS. The smallest absolute Gasteiger partial charge is 0.166 e. The predicted octanol–water partition coefficient (Wildman–Crippen LogP) is 1.04. The lowest BCUT2D eigenvalue weighted by molar-refractivity contribution is 0.0244. The van der Waals surface area contributed by atoms with Gasteiger partial charge < -0.3 is 15.4 Å². The second-order valence-corrected chi connectivity index (χ2v) is 4.02. The zero-order chi connectivity index (χ0) is 9.73. The molecule has 1 heterocycles. The number of hydrogen-bond donors (Lipinski definition) is 2. The van der Waals surface area contributed by atoms with Gasteiger partial charge in [-0.2, -0.15) is 0 Å². The summed E-state index contributed by atoms with van der Waals surface area (Å²) >= 11 is 5.06. The van der Waals surface area contributed by atoms with Crippen LogP contribution in [-0.2, 0) is 4.74 Å². The highest BCUT2D eigenvalue weighted by Gasteiger charge is 2.29. The summed E-state index contributed by atoms with van der Waals surface area (Å²) in [5.74, 6) is 0. The molecule has 0 aliphatic carbocycles. The van der Waals surface area contributed by atoms with Gasteiger partial charge >= 0.3 is 0 Å². The summed E-state index contributed by atoms with van der Waals surface area (Å²) in [4.78, 5) is 0. The molecule has 1 saturated heterocycles. The fraction of sp³-hybridized carbons (Fsp3) is 0.889. The third-order valence-corrected chi connectivity index (χ3v) is 2.55. The summed E-state index contributed by atoms with van der Waals surface area (Å²) in [6.07, 6.45) is 2.28. The zero-order valence-electron chi connectivity index (χ0n) is 8.35. The average Bonchev–Trinajstić information content (AvgIpc) is 2.51. The Morgan fingerprint density at radius 3 is 2.85 bits per heavy atom. The third-order valence-electron chi connectivity index (χ3n) is 2.26. The van der Waals surface area contributed by atoms with E-state index in [4.69, 9.17) is 17.0 Å². The maximum atomic E-state index is 5.62. The molecule has 76 valence electrons. The van der Waals surface area contributed by atoms with Gasteiger partial charge in [-0.15, -0.1) is 0 Å². The highest BCUT2D eigenvalue weighted by molar-refractivity contribution is 7.80. The number of rotatable bonds is 3. The van der Waals surface area contributed by atoms with E-state index in [0.29, 0.717) is 0 Å². The summed E-state index contributed by atoms with van der Waals surface area (Å²) in [6, 6.07) is 0.